The second kappa shape index (κ2) is 5.71. The summed E-state index contributed by atoms with van der Waals surface area (Å²) in [6, 6.07) is 9.37. The Morgan fingerprint density at radius 1 is 1.21 bits per heavy atom. The summed E-state index contributed by atoms with van der Waals surface area (Å²) in [5, 5.41) is 2.50. The molecule has 0 aromatic heterocycles. The fourth-order valence-corrected chi connectivity index (χ4v) is 2.33. The molecule has 6 heteroatoms. The van der Waals surface area contributed by atoms with E-state index in [4.69, 9.17) is 5.73 Å². The number of hydrogen-bond donors (Lipinski definition) is 2. The number of halogens is 3. The van der Waals surface area contributed by atoms with Gasteiger partial charge in [-0.1, -0.05) is 22.0 Å². The van der Waals surface area contributed by atoms with Crippen molar-refractivity contribution in [1.29, 1.82) is 0 Å². The van der Waals surface area contributed by atoms with Crippen LogP contribution in [0.2, 0.25) is 0 Å². The summed E-state index contributed by atoms with van der Waals surface area (Å²) in [6.07, 6.45) is 0. The van der Waals surface area contributed by atoms with Crippen molar-refractivity contribution in [2.75, 3.05) is 11.1 Å². The quantitative estimate of drug-likeness (QED) is 0.759. The number of benzene rings is 2. The van der Waals surface area contributed by atoms with Crippen molar-refractivity contribution >= 4 is 49.1 Å². The van der Waals surface area contributed by atoms with Gasteiger partial charge in [0.05, 0.1) is 11.3 Å². The summed E-state index contributed by atoms with van der Waals surface area (Å²) in [5.41, 5.74) is 6.43. The molecule has 0 bridgehead atoms. The third-order valence-electron chi connectivity index (χ3n) is 2.46. The van der Waals surface area contributed by atoms with Crippen LogP contribution in [0, 0.1) is 5.82 Å². The molecule has 1 amide bonds. The van der Waals surface area contributed by atoms with E-state index in [1.807, 2.05) is 0 Å². The molecule has 0 aliphatic carbocycles. The fraction of sp³-hybridized carbons (Fsp3) is 0. The van der Waals surface area contributed by atoms with Crippen molar-refractivity contribution in [3.05, 3.63) is 56.7 Å². The highest BCUT2D eigenvalue weighted by atomic mass is 79.9. The Morgan fingerprint density at radius 2 is 1.95 bits per heavy atom. The molecule has 3 nitrogen and oxygen atoms in total. The van der Waals surface area contributed by atoms with E-state index in [1.165, 1.54) is 6.07 Å². The highest BCUT2D eigenvalue weighted by Gasteiger charge is 2.14. The van der Waals surface area contributed by atoms with Gasteiger partial charge in [-0.15, -0.1) is 0 Å². The molecule has 0 fully saturated rings. The molecule has 2 aromatic rings. The summed E-state index contributed by atoms with van der Waals surface area (Å²) >= 11 is 6.45. The zero-order chi connectivity index (χ0) is 14.0. The largest absolute Gasteiger partial charge is 0.398 e. The molecular weight excluding hydrogens is 379 g/mol. The molecule has 2 aromatic carbocycles. The number of nitrogens with two attached hydrogens (primary N) is 1. The maximum Gasteiger partial charge on any atom is 0.257 e. The molecule has 0 saturated heterocycles. The summed E-state index contributed by atoms with van der Waals surface area (Å²) in [4.78, 5) is 12.1. The van der Waals surface area contributed by atoms with Crippen LogP contribution in [-0.2, 0) is 0 Å². The van der Waals surface area contributed by atoms with Gasteiger partial charge in [0.2, 0.25) is 0 Å². The smallest absolute Gasteiger partial charge is 0.257 e. The van der Waals surface area contributed by atoms with E-state index >= 15 is 0 Å². The predicted octanol–water partition coefficient (Wildman–Crippen LogP) is 4.19. The van der Waals surface area contributed by atoms with Gasteiger partial charge in [0.15, 0.2) is 0 Å². The molecule has 3 N–H and O–H groups in total. The molecule has 0 aliphatic heterocycles. The van der Waals surface area contributed by atoms with Crippen LogP contribution in [0.3, 0.4) is 0 Å². The van der Waals surface area contributed by atoms with Crippen molar-refractivity contribution in [2.45, 2.75) is 0 Å². The number of carbonyl (C=O) groups excluding carboxylic acids is 1. The van der Waals surface area contributed by atoms with Crippen molar-refractivity contribution < 1.29 is 9.18 Å². The van der Waals surface area contributed by atoms with Crippen LogP contribution in [0.25, 0.3) is 0 Å². The number of amides is 1. The van der Waals surface area contributed by atoms with E-state index in [0.717, 1.165) is 4.47 Å². The number of nitrogen functional groups attached to an aromatic ring is 1. The zero-order valence-electron chi connectivity index (χ0n) is 9.58. The highest BCUT2D eigenvalue weighted by Crippen LogP contribution is 2.27. The summed E-state index contributed by atoms with van der Waals surface area (Å²) in [5.74, 6) is -0.985. The summed E-state index contributed by atoms with van der Waals surface area (Å²) < 4.78 is 14.8. The lowest BCUT2D eigenvalue weighted by Crippen LogP contribution is -2.15. The van der Waals surface area contributed by atoms with E-state index < -0.39 is 11.7 Å². The number of rotatable bonds is 2. The Kier molecular flexibility index (Phi) is 4.21. The van der Waals surface area contributed by atoms with E-state index in [-0.39, 0.29) is 11.3 Å². The molecule has 0 spiro atoms. The first-order valence-electron chi connectivity index (χ1n) is 5.29. The first kappa shape index (κ1) is 14.0. The van der Waals surface area contributed by atoms with Gasteiger partial charge in [0, 0.05) is 14.6 Å². The molecule has 0 heterocycles. The topological polar surface area (TPSA) is 55.1 Å². The number of para-hydroxylation sites is 1. The number of carbonyl (C=O) groups is 1. The van der Waals surface area contributed by atoms with Crippen molar-refractivity contribution in [1.82, 2.24) is 0 Å². The van der Waals surface area contributed by atoms with Gasteiger partial charge in [0.25, 0.3) is 5.91 Å². The van der Waals surface area contributed by atoms with Gasteiger partial charge in [-0.25, -0.2) is 4.39 Å². The lowest BCUT2D eigenvalue weighted by atomic mass is 10.1. The van der Waals surface area contributed by atoms with Crippen LogP contribution in [0.15, 0.2) is 45.3 Å². The monoisotopic (exact) mass is 386 g/mol. The maximum absolute atomic E-state index is 13.6. The average molecular weight is 388 g/mol. The van der Waals surface area contributed by atoms with Crippen molar-refractivity contribution in [3.63, 3.8) is 0 Å². The van der Waals surface area contributed by atoms with Crippen LogP contribution < -0.4 is 11.1 Å². The predicted molar refractivity (Wildman–Crippen MR) is 80.6 cm³/mol. The molecule has 2 rings (SSSR count). The molecule has 0 saturated carbocycles. The highest BCUT2D eigenvalue weighted by molar-refractivity contribution is 9.10. The SMILES string of the molecule is Nc1ccc(Br)cc1C(=O)Nc1c(F)cccc1Br. The Morgan fingerprint density at radius 3 is 2.63 bits per heavy atom. The van der Waals surface area contributed by atoms with Gasteiger partial charge in [-0.05, 0) is 46.3 Å². The maximum atomic E-state index is 13.6. The van der Waals surface area contributed by atoms with E-state index in [1.54, 1.807) is 30.3 Å². The van der Waals surface area contributed by atoms with Crippen LogP contribution in [0.4, 0.5) is 15.8 Å². The molecule has 0 radical (unpaired) electrons. The third kappa shape index (κ3) is 3.13. The summed E-state index contributed by atoms with van der Waals surface area (Å²) in [6.45, 7) is 0. The minimum absolute atomic E-state index is 0.0897. The number of nitrogens with one attached hydrogen (secondary N) is 1. The molecule has 19 heavy (non-hydrogen) atoms. The van der Waals surface area contributed by atoms with Gasteiger partial charge >= 0.3 is 0 Å². The second-order valence-corrected chi connectivity index (χ2v) is 5.55. The average Bonchev–Trinajstić information content (AvgIpc) is 2.37. The van der Waals surface area contributed by atoms with Crippen LogP contribution in [0.5, 0.6) is 0 Å². The standard InChI is InChI=1S/C13H9Br2FN2O/c14-7-4-5-11(17)8(6-7)13(19)18-12-9(15)2-1-3-10(12)16/h1-6H,17H2,(H,18,19). The number of hydrogen-bond acceptors (Lipinski definition) is 2. The van der Waals surface area contributed by atoms with Crippen molar-refractivity contribution in [3.8, 4) is 0 Å². The summed E-state index contributed by atoms with van der Waals surface area (Å²) in [7, 11) is 0. The lowest BCUT2D eigenvalue weighted by molar-refractivity contribution is 0.102. The first-order valence-corrected chi connectivity index (χ1v) is 6.88. The molecule has 0 aliphatic rings. The zero-order valence-corrected chi connectivity index (χ0v) is 12.8. The van der Waals surface area contributed by atoms with E-state index in [0.29, 0.717) is 10.2 Å². The van der Waals surface area contributed by atoms with Crippen molar-refractivity contribution in [2.24, 2.45) is 0 Å². The van der Waals surface area contributed by atoms with Gasteiger partial charge in [-0.2, -0.15) is 0 Å². The molecule has 98 valence electrons. The van der Waals surface area contributed by atoms with Gasteiger partial charge in [0.1, 0.15) is 5.82 Å². The Balaban J connectivity index is 2.34. The minimum atomic E-state index is -0.517. The van der Waals surface area contributed by atoms with E-state index in [2.05, 4.69) is 37.2 Å². The Labute approximate surface area is 126 Å². The fourth-order valence-electron chi connectivity index (χ4n) is 1.52. The molecular formula is C13H9Br2FN2O. The molecule has 0 unspecified atom stereocenters. The Hall–Kier alpha value is -1.40. The molecule has 0 atom stereocenters. The van der Waals surface area contributed by atoms with Crippen LogP contribution >= 0.6 is 31.9 Å². The third-order valence-corrected chi connectivity index (χ3v) is 3.62. The van der Waals surface area contributed by atoms with Crippen LogP contribution in [-0.4, -0.2) is 5.91 Å². The van der Waals surface area contributed by atoms with Gasteiger partial charge in [-0.3, -0.25) is 4.79 Å². The van der Waals surface area contributed by atoms with Gasteiger partial charge < -0.3 is 11.1 Å². The minimum Gasteiger partial charge on any atom is -0.398 e. The second-order valence-electron chi connectivity index (χ2n) is 3.78. The normalized spacial score (nSPS) is 10.3. The van der Waals surface area contributed by atoms with E-state index in [9.17, 15) is 9.18 Å². The lowest BCUT2D eigenvalue weighted by Gasteiger charge is -2.10. The first-order chi connectivity index (χ1) is 8.99. The van der Waals surface area contributed by atoms with Crippen LogP contribution in [0.1, 0.15) is 10.4 Å². The Bertz CT molecular complexity index is 626. The number of anilines is 2.